The summed E-state index contributed by atoms with van der Waals surface area (Å²) in [5.41, 5.74) is 0.0943. The summed E-state index contributed by atoms with van der Waals surface area (Å²) in [5.74, 6) is -0.839. The molecule has 2 heterocycles. The molecule has 0 spiro atoms. The smallest absolute Gasteiger partial charge is 0.462 e. The summed E-state index contributed by atoms with van der Waals surface area (Å²) in [6.45, 7) is 17.2. The van der Waals surface area contributed by atoms with E-state index in [1.165, 1.54) is 21.3 Å². The van der Waals surface area contributed by atoms with E-state index < -0.39 is 46.9 Å². The van der Waals surface area contributed by atoms with Crippen molar-refractivity contribution in [2.24, 2.45) is 0 Å². The minimum atomic E-state index is -2.94. The van der Waals surface area contributed by atoms with Gasteiger partial charge in [-0.05, 0) is 39.5 Å². The van der Waals surface area contributed by atoms with Crippen molar-refractivity contribution in [3.05, 3.63) is 24.3 Å². The van der Waals surface area contributed by atoms with Crippen molar-refractivity contribution in [3.63, 3.8) is 0 Å². The van der Waals surface area contributed by atoms with Crippen LogP contribution in [0.15, 0.2) is 24.3 Å². The van der Waals surface area contributed by atoms with Gasteiger partial charge in [0.2, 0.25) is 0 Å². The van der Waals surface area contributed by atoms with Crippen LogP contribution in [0.2, 0.25) is 12.1 Å². The summed E-state index contributed by atoms with van der Waals surface area (Å²) < 4.78 is 94.6. The second-order valence-corrected chi connectivity index (χ2v) is 25.4. The van der Waals surface area contributed by atoms with E-state index in [0.29, 0.717) is 49.9 Å². The summed E-state index contributed by atoms with van der Waals surface area (Å²) in [5, 5.41) is 0. The molecule has 2 saturated heterocycles. The molecular formula is C37H78O20Si4. The molecule has 0 aromatic carbocycles. The predicted molar refractivity (Wildman–Crippen MR) is 232 cm³/mol. The number of epoxide rings is 2. The van der Waals surface area contributed by atoms with Crippen LogP contribution in [0.25, 0.3) is 0 Å². The SMILES string of the molecule is C=C(C)C(=O)OC(CC)[Si](OC)(OC)OC.C=C(C)C(=O)OCCC[Si](OC)(OC)OC.CCC(OCC1CO1)[Si](OC)(OC)OC.CO[Si](CCCOC1CO1)(OC)OC. The van der Waals surface area contributed by atoms with Crippen LogP contribution in [0, 0.1) is 0 Å². The van der Waals surface area contributed by atoms with Gasteiger partial charge in [-0.2, -0.15) is 0 Å². The van der Waals surface area contributed by atoms with Crippen molar-refractivity contribution in [1.29, 1.82) is 0 Å². The third-order valence-corrected chi connectivity index (χ3v) is 20.8. The van der Waals surface area contributed by atoms with Gasteiger partial charge in [-0.3, -0.25) is 0 Å². The highest BCUT2D eigenvalue weighted by molar-refractivity contribution is 6.62. The summed E-state index contributed by atoms with van der Waals surface area (Å²) in [7, 11) is 8.22. The molecule has 2 aliphatic heterocycles. The summed E-state index contributed by atoms with van der Waals surface area (Å²) in [6.07, 6.45) is 3.13. The van der Waals surface area contributed by atoms with Crippen LogP contribution in [0.5, 0.6) is 0 Å². The highest BCUT2D eigenvalue weighted by Crippen LogP contribution is 2.22. The molecule has 20 nitrogen and oxygen atoms in total. The van der Waals surface area contributed by atoms with Gasteiger partial charge in [0.15, 0.2) is 12.0 Å². The van der Waals surface area contributed by atoms with E-state index in [1.54, 1.807) is 77.8 Å². The molecule has 0 saturated carbocycles. The fourth-order valence-electron chi connectivity index (χ4n) is 5.11. The maximum Gasteiger partial charge on any atom is 0.543 e. The van der Waals surface area contributed by atoms with Gasteiger partial charge in [0.1, 0.15) is 18.4 Å². The highest BCUT2D eigenvalue weighted by Gasteiger charge is 2.50. The molecule has 4 unspecified atom stereocenters. The van der Waals surface area contributed by atoms with E-state index in [2.05, 4.69) is 13.2 Å². The zero-order chi connectivity index (χ0) is 47.1. The van der Waals surface area contributed by atoms with E-state index in [0.717, 1.165) is 32.1 Å². The molecule has 4 atom stereocenters. The molecule has 0 aliphatic carbocycles. The lowest BCUT2D eigenvalue weighted by Crippen LogP contribution is -2.56. The zero-order valence-corrected chi connectivity index (χ0v) is 43.7. The van der Waals surface area contributed by atoms with E-state index in [4.69, 9.17) is 81.5 Å². The second-order valence-electron chi connectivity index (χ2n) is 13.0. The Balaban J connectivity index is 0. The third kappa shape index (κ3) is 23.4. The number of ether oxygens (including phenoxy) is 6. The van der Waals surface area contributed by atoms with Crippen molar-refractivity contribution >= 4 is 47.2 Å². The first-order valence-corrected chi connectivity index (χ1v) is 27.2. The van der Waals surface area contributed by atoms with Crippen LogP contribution in [0.4, 0.5) is 0 Å². The van der Waals surface area contributed by atoms with Crippen LogP contribution in [0.1, 0.15) is 53.4 Å². The number of hydrogen-bond acceptors (Lipinski definition) is 20. The van der Waals surface area contributed by atoms with Crippen molar-refractivity contribution in [1.82, 2.24) is 0 Å². The number of carbonyl (C=O) groups excluding carboxylic acids is 2. The van der Waals surface area contributed by atoms with Gasteiger partial charge in [-0.15, -0.1) is 0 Å². The summed E-state index contributed by atoms with van der Waals surface area (Å²) in [6, 6.07) is 1.38. The molecule has 362 valence electrons. The monoisotopic (exact) mass is 954 g/mol. The van der Waals surface area contributed by atoms with Crippen molar-refractivity contribution in [2.45, 2.75) is 89.3 Å². The molecule has 61 heavy (non-hydrogen) atoms. The molecule has 0 radical (unpaired) electrons. The molecule has 24 heteroatoms. The van der Waals surface area contributed by atoms with Crippen molar-refractivity contribution < 1.29 is 91.1 Å². The lowest BCUT2D eigenvalue weighted by molar-refractivity contribution is -0.144. The Labute approximate surface area is 369 Å². The molecule has 2 aliphatic rings. The molecule has 2 rings (SSSR count). The first-order valence-electron chi connectivity index (χ1n) is 19.7. The molecule has 0 aromatic rings. The molecule has 0 aromatic heterocycles. The normalized spacial score (nSPS) is 16.9. The fraction of sp³-hybridized carbons (Fsp3) is 0.838. The molecule has 0 N–H and O–H groups in total. The van der Waals surface area contributed by atoms with Crippen LogP contribution in [-0.2, 0) is 91.1 Å². The number of rotatable bonds is 31. The molecular weight excluding hydrogens is 877 g/mol. The average molecular weight is 955 g/mol. The van der Waals surface area contributed by atoms with Gasteiger partial charge in [0, 0.05) is 115 Å². The van der Waals surface area contributed by atoms with Crippen LogP contribution in [0.3, 0.4) is 0 Å². The quantitative estimate of drug-likeness (QED) is 0.0318. The van der Waals surface area contributed by atoms with Gasteiger partial charge < -0.3 is 81.5 Å². The molecule has 0 bridgehead atoms. The number of esters is 2. The lowest BCUT2D eigenvalue weighted by Gasteiger charge is -2.31. The standard InChI is InChI=1S/2C10H20O5Si.C9H20O5Si.C8H18O5Si/c1-9(2)10(11)15-7-6-8-16(12-3,13-4)14-5;1-7-9(15-10(11)8(2)3)16(12-4,13-5)14-6;1-5-9(14-7-8-6-13-8)15(10-2,11-3)12-4;1-9-14(10-2,11-3)6-4-5-12-8-7-13-8/h1,6-8H2,2-5H3;9H,2,7H2,1,3-6H3;8-9H,5-7H2,1-4H3;8H,4-7H2,1-3H3. The average Bonchev–Trinajstić information content (AvgIpc) is 4.24. The Morgan fingerprint density at radius 3 is 1.26 bits per heavy atom. The Hall–Kier alpha value is -1.35. The maximum atomic E-state index is 11.4. The van der Waals surface area contributed by atoms with Crippen LogP contribution in [-0.4, -0.2) is 189 Å². The summed E-state index contributed by atoms with van der Waals surface area (Å²) >= 11 is 0. The van der Waals surface area contributed by atoms with E-state index in [1.807, 2.05) is 13.8 Å². The largest absolute Gasteiger partial charge is 0.543 e. The number of carbonyl (C=O) groups is 2. The van der Waals surface area contributed by atoms with Crippen molar-refractivity contribution in [3.8, 4) is 0 Å². The first kappa shape index (κ1) is 61.7. The van der Waals surface area contributed by atoms with Gasteiger partial charge in [-0.1, -0.05) is 27.0 Å². The predicted octanol–water partition coefficient (Wildman–Crippen LogP) is 3.90. The zero-order valence-electron chi connectivity index (χ0n) is 39.7. The first-order chi connectivity index (χ1) is 29.0. The van der Waals surface area contributed by atoms with E-state index in [9.17, 15) is 9.59 Å². The Kier molecular flexibility index (Phi) is 34.5. The topological polar surface area (TPSA) is 207 Å². The van der Waals surface area contributed by atoms with Gasteiger partial charge >= 0.3 is 47.2 Å². The highest BCUT2D eigenvalue weighted by atomic mass is 28.4. The second kappa shape index (κ2) is 34.1. The fourth-order valence-corrected chi connectivity index (χ4v) is 12.6. The van der Waals surface area contributed by atoms with Gasteiger partial charge in [0.05, 0.1) is 19.8 Å². The molecule has 0 amide bonds. The van der Waals surface area contributed by atoms with E-state index >= 15 is 0 Å². The van der Waals surface area contributed by atoms with E-state index in [-0.39, 0.29) is 24.1 Å². The van der Waals surface area contributed by atoms with Gasteiger partial charge in [0.25, 0.3) is 0 Å². The van der Waals surface area contributed by atoms with Crippen LogP contribution < -0.4 is 0 Å². The van der Waals surface area contributed by atoms with Crippen molar-refractivity contribution in [2.75, 3.05) is 118 Å². The van der Waals surface area contributed by atoms with Gasteiger partial charge in [-0.25, -0.2) is 9.59 Å². The number of hydrogen-bond donors (Lipinski definition) is 0. The molecule has 2 fully saturated rings. The minimum absolute atomic E-state index is 0.0266. The summed E-state index contributed by atoms with van der Waals surface area (Å²) in [4.78, 5) is 22.5. The minimum Gasteiger partial charge on any atom is -0.462 e. The lowest BCUT2D eigenvalue weighted by atomic mass is 10.4. The third-order valence-electron chi connectivity index (χ3n) is 9.03. The van der Waals surface area contributed by atoms with Crippen LogP contribution >= 0.6 is 0 Å². The Morgan fingerprint density at radius 2 is 0.951 bits per heavy atom. The Morgan fingerprint density at radius 1 is 0.574 bits per heavy atom. The maximum absolute atomic E-state index is 11.4. The Bertz CT molecular complexity index is 1150.